The predicted octanol–water partition coefficient (Wildman–Crippen LogP) is 1.49. The van der Waals surface area contributed by atoms with Gasteiger partial charge in [0.25, 0.3) is 5.91 Å². The highest BCUT2D eigenvalue weighted by Crippen LogP contribution is 2.31. The fourth-order valence-electron chi connectivity index (χ4n) is 3.16. The number of nitrogens with one attached hydrogen (secondary N) is 3. The summed E-state index contributed by atoms with van der Waals surface area (Å²) in [5, 5.41) is 7.87. The second-order valence-electron chi connectivity index (χ2n) is 5.91. The Hall–Kier alpha value is -2.76. The number of urea groups is 1. The lowest BCUT2D eigenvalue weighted by molar-refractivity contribution is -0.118. The number of amides is 3. The van der Waals surface area contributed by atoms with Crippen molar-refractivity contribution >= 4 is 11.9 Å². The Labute approximate surface area is 134 Å². The number of benzene rings is 1. The first kappa shape index (κ1) is 15.1. The second-order valence-corrected chi connectivity index (χ2v) is 5.91. The lowest BCUT2D eigenvalue weighted by atomic mass is 9.85. The van der Waals surface area contributed by atoms with Gasteiger partial charge in [-0.3, -0.25) is 4.79 Å². The van der Waals surface area contributed by atoms with Crippen LogP contribution in [-0.2, 0) is 11.2 Å². The van der Waals surface area contributed by atoms with Gasteiger partial charge in [0.05, 0.1) is 17.4 Å². The average molecular weight is 312 g/mol. The third kappa shape index (κ3) is 2.79. The number of fused-ring (bicyclic) bond motifs is 1. The molecule has 23 heavy (non-hydrogen) atoms. The highest BCUT2D eigenvalue weighted by Gasteiger charge is 2.28. The lowest BCUT2D eigenvalue weighted by Crippen LogP contribution is -2.47. The van der Waals surface area contributed by atoms with Gasteiger partial charge in [-0.1, -0.05) is 24.8 Å². The Morgan fingerprint density at radius 1 is 1.39 bits per heavy atom. The number of rotatable bonds is 2. The third-order valence-corrected chi connectivity index (χ3v) is 4.37. The van der Waals surface area contributed by atoms with E-state index in [4.69, 9.17) is 5.73 Å². The average Bonchev–Trinajstić information content (AvgIpc) is 2.52. The summed E-state index contributed by atoms with van der Waals surface area (Å²) in [5.74, 6) is -0.391. The molecule has 0 spiro atoms. The van der Waals surface area contributed by atoms with Gasteiger partial charge < -0.3 is 21.7 Å². The zero-order chi connectivity index (χ0) is 16.6. The zero-order valence-electron chi connectivity index (χ0n) is 13.0. The van der Waals surface area contributed by atoms with Gasteiger partial charge in [0.2, 0.25) is 0 Å². The van der Waals surface area contributed by atoms with E-state index >= 15 is 0 Å². The van der Waals surface area contributed by atoms with Gasteiger partial charge in [0.1, 0.15) is 5.70 Å². The molecule has 1 heterocycles. The van der Waals surface area contributed by atoms with Crippen molar-refractivity contribution in [1.82, 2.24) is 16.0 Å². The number of carbonyl (C=O) groups is 2. The lowest BCUT2D eigenvalue weighted by Gasteiger charge is -2.29. The van der Waals surface area contributed by atoms with Crippen molar-refractivity contribution in [2.24, 2.45) is 5.73 Å². The van der Waals surface area contributed by atoms with E-state index < -0.39 is 11.9 Å². The number of nitrogens with two attached hydrogens (primary N) is 1. The van der Waals surface area contributed by atoms with Crippen LogP contribution in [0.15, 0.2) is 41.9 Å². The molecule has 1 atom stereocenters. The Balaban J connectivity index is 1.85. The van der Waals surface area contributed by atoms with Crippen molar-refractivity contribution in [1.29, 1.82) is 0 Å². The molecular formula is C17H20N4O2. The van der Waals surface area contributed by atoms with Gasteiger partial charge >= 0.3 is 6.03 Å². The summed E-state index contributed by atoms with van der Waals surface area (Å²) >= 11 is 0. The number of hydrogen-bond acceptors (Lipinski definition) is 3. The van der Waals surface area contributed by atoms with E-state index in [1.807, 2.05) is 12.1 Å². The summed E-state index contributed by atoms with van der Waals surface area (Å²) in [7, 11) is 0. The minimum atomic E-state index is -0.505. The van der Waals surface area contributed by atoms with Crippen molar-refractivity contribution in [3.05, 3.63) is 58.6 Å². The molecular weight excluding hydrogens is 292 g/mol. The fourth-order valence-corrected chi connectivity index (χ4v) is 3.16. The SMILES string of the molecule is C=C1NC(=O)NC(C(=O)N[C@@H]2CCCc3c(C)cccc32)=C1N. The van der Waals surface area contributed by atoms with Crippen molar-refractivity contribution in [2.45, 2.75) is 32.2 Å². The summed E-state index contributed by atoms with van der Waals surface area (Å²) in [6.07, 6.45) is 2.90. The maximum atomic E-state index is 12.5. The predicted molar refractivity (Wildman–Crippen MR) is 87.0 cm³/mol. The first-order valence-electron chi connectivity index (χ1n) is 7.63. The van der Waals surface area contributed by atoms with Gasteiger partial charge in [-0.05, 0) is 42.9 Å². The van der Waals surface area contributed by atoms with Crippen LogP contribution in [0.5, 0.6) is 0 Å². The van der Waals surface area contributed by atoms with Gasteiger partial charge in [0.15, 0.2) is 0 Å². The molecule has 1 aromatic rings. The van der Waals surface area contributed by atoms with Crippen molar-refractivity contribution < 1.29 is 9.59 Å². The minimum absolute atomic E-state index is 0.0542. The van der Waals surface area contributed by atoms with Crippen LogP contribution < -0.4 is 21.7 Å². The van der Waals surface area contributed by atoms with Gasteiger partial charge in [-0.25, -0.2) is 4.79 Å². The summed E-state index contributed by atoms with van der Waals surface area (Å²) in [5.41, 5.74) is 9.97. The second kappa shape index (κ2) is 5.79. The summed E-state index contributed by atoms with van der Waals surface area (Å²) in [4.78, 5) is 24.0. The highest BCUT2D eigenvalue weighted by molar-refractivity contribution is 6.00. The number of hydrogen-bond donors (Lipinski definition) is 4. The van der Waals surface area contributed by atoms with Gasteiger partial charge in [-0.15, -0.1) is 0 Å². The van der Waals surface area contributed by atoms with E-state index in [1.54, 1.807) is 0 Å². The molecule has 0 bridgehead atoms. The molecule has 1 aromatic carbocycles. The molecule has 0 saturated heterocycles. The Kier molecular flexibility index (Phi) is 3.82. The molecule has 5 N–H and O–H groups in total. The molecule has 6 heteroatoms. The molecule has 2 aliphatic rings. The maximum absolute atomic E-state index is 12.5. The standard InChI is InChI=1S/C17H20N4O2/c1-9-5-3-7-12-11(9)6-4-8-13(12)20-16(22)15-14(18)10(2)19-17(23)21-15/h3,5,7,13H,2,4,6,8,18H2,1H3,(H,20,22)(H2,19,21,23)/t13-/m1/s1. The topological polar surface area (TPSA) is 96.2 Å². The Morgan fingerprint density at radius 3 is 2.96 bits per heavy atom. The molecule has 1 aliphatic carbocycles. The zero-order valence-corrected chi connectivity index (χ0v) is 13.0. The molecule has 0 fully saturated rings. The van der Waals surface area contributed by atoms with Crippen molar-refractivity contribution in [2.75, 3.05) is 0 Å². The Bertz CT molecular complexity index is 736. The van der Waals surface area contributed by atoms with Crippen LogP contribution in [0, 0.1) is 6.92 Å². The van der Waals surface area contributed by atoms with E-state index in [1.165, 1.54) is 11.1 Å². The van der Waals surface area contributed by atoms with Crippen molar-refractivity contribution in [3.8, 4) is 0 Å². The van der Waals surface area contributed by atoms with Crippen LogP contribution in [0.2, 0.25) is 0 Å². The minimum Gasteiger partial charge on any atom is -0.395 e. The molecule has 3 rings (SSSR count). The molecule has 0 aromatic heterocycles. The Morgan fingerprint density at radius 2 is 2.17 bits per heavy atom. The van der Waals surface area contributed by atoms with E-state index in [-0.39, 0.29) is 23.1 Å². The number of carbonyl (C=O) groups excluding carboxylic acids is 2. The van der Waals surface area contributed by atoms with Crippen LogP contribution in [0.25, 0.3) is 0 Å². The first-order valence-corrected chi connectivity index (χ1v) is 7.63. The maximum Gasteiger partial charge on any atom is 0.323 e. The molecule has 6 nitrogen and oxygen atoms in total. The molecule has 0 radical (unpaired) electrons. The van der Waals surface area contributed by atoms with Crippen LogP contribution >= 0.6 is 0 Å². The molecule has 1 aliphatic heterocycles. The van der Waals surface area contributed by atoms with Crippen LogP contribution in [0.3, 0.4) is 0 Å². The molecule has 0 saturated carbocycles. The van der Waals surface area contributed by atoms with Crippen LogP contribution in [-0.4, -0.2) is 11.9 Å². The highest BCUT2D eigenvalue weighted by atomic mass is 16.2. The molecule has 0 unspecified atom stereocenters. The quantitative estimate of drug-likeness (QED) is 0.666. The smallest absolute Gasteiger partial charge is 0.323 e. The summed E-state index contributed by atoms with van der Waals surface area (Å²) in [6, 6.07) is 5.55. The van der Waals surface area contributed by atoms with E-state index in [2.05, 4.69) is 35.5 Å². The number of aryl methyl sites for hydroxylation is 1. The van der Waals surface area contributed by atoms with Gasteiger partial charge in [0, 0.05) is 0 Å². The van der Waals surface area contributed by atoms with E-state index in [9.17, 15) is 9.59 Å². The van der Waals surface area contributed by atoms with Gasteiger partial charge in [-0.2, -0.15) is 0 Å². The van der Waals surface area contributed by atoms with E-state index in [0.717, 1.165) is 24.8 Å². The normalized spacial score (nSPS) is 20.5. The summed E-state index contributed by atoms with van der Waals surface area (Å²) in [6.45, 7) is 5.72. The fraction of sp³-hybridized carbons (Fsp3) is 0.294. The van der Waals surface area contributed by atoms with Crippen LogP contribution in [0.4, 0.5) is 4.79 Å². The monoisotopic (exact) mass is 312 g/mol. The summed E-state index contributed by atoms with van der Waals surface area (Å²) < 4.78 is 0. The largest absolute Gasteiger partial charge is 0.395 e. The molecule has 120 valence electrons. The molecule has 3 amide bonds. The van der Waals surface area contributed by atoms with E-state index in [0.29, 0.717) is 0 Å². The first-order chi connectivity index (χ1) is 11.0. The van der Waals surface area contributed by atoms with Crippen LogP contribution in [0.1, 0.15) is 35.6 Å². The van der Waals surface area contributed by atoms with Crippen molar-refractivity contribution in [3.63, 3.8) is 0 Å². The third-order valence-electron chi connectivity index (χ3n) is 4.37.